The van der Waals surface area contributed by atoms with Gasteiger partial charge in [-0.2, -0.15) is 5.26 Å². The second-order valence-corrected chi connectivity index (χ2v) is 4.22. The van der Waals surface area contributed by atoms with Gasteiger partial charge in [0.2, 0.25) is 0 Å². The number of hydrogen-bond donors (Lipinski definition) is 1. The maximum atomic E-state index is 11.1. The molecule has 0 amide bonds. The number of aromatic amines is 1. The highest BCUT2D eigenvalue weighted by molar-refractivity contribution is 7.98. The van der Waals surface area contributed by atoms with E-state index in [2.05, 4.69) is 15.2 Å². The Morgan fingerprint density at radius 3 is 3.12 bits per heavy atom. The van der Waals surface area contributed by atoms with E-state index < -0.39 is 0 Å². The number of nitriles is 1. The van der Waals surface area contributed by atoms with E-state index in [1.165, 1.54) is 16.3 Å². The quantitative estimate of drug-likeness (QED) is 0.805. The zero-order valence-electron chi connectivity index (χ0n) is 9.04. The zero-order chi connectivity index (χ0) is 12.3. The summed E-state index contributed by atoms with van der Waals surface area (Å²) in [5.41, 5.74) is 0.982. The molecule has 0 aromatic carbocycles. The van der Waals surface area contributed by atoms with Crippen molar-refractivity contribution in [2.45, 2.75) is 10.9 Å². The summed E-state index contributed by atoms with van der Waals surface area (Å²) in [5.74, 6) is 0.550. The molecular formula is C10H9N5OS. The summed E-state index contributed by atoms with van der Waals surface area (Å²) in [7, 11) is 1.64. The summed E-state index contributed by atoms with van der Waals surface area (Å²) in [5, 5.41) is 15.7. The van der Waals surface area contributed by atoms with Crippen LogP contribution in [0.15, 0.2) is 28.3 Å². The normalized spacial score (nSPS) is 10.1. The van der Waals surface area contributed by atoms with Crippen LogP contribution in [0.2, 0.25) is 0 Å². The third-order valence-electron chi connectivity index (χ3n) is 2.19. The van der Waals surface area contributed by atoms with Crippen molar-refractivity contribution >= 4 is 11.8 Å². The molecule has 0 saturated heterocycles. The van der Waals surface area contributed by atoms with Crippen molar-refractivity contribution in [3.8, 4) is 6.07 Å². The van der Waals surface area contributed by atoms with Gasteiger partial charge in [-0.05, 0) is 11.6 Å². The smallest absolute Gasteiger partial charge is 0.273 e. The Labute approximate surface area is 101 Å². The van der Waals surface area contributed by atoms with Crippen molar-refractivity contribution in [2.75, 3.05) is 0 Å². The SMILES string of the molecule is Cn1c(SCc2cccnc2C#N)n[nH]c1=O. The van der Waals surface area contributed by atoms with Gasteiger partial charge in [0, 0.05) is 19.0 Å². The molecule has 2 heterocycles. The van der Waals surface area contributed by atoms with E-state index in [1.54, 1.807) is 19.3 Å². The zero-order valence-corrected chi connectivity index (χ0v) is 9.86. The van der Waals surface area contributed by atoms with E-state index in [9.17, 15) is 4.79 Å². The van der Waals surface area contributed by atoms with E-state index in [4.69, 9.17) is 5.26 Å². The van der Waals surface area contributed by atoms with Gasteiger partial charge < -0.3 is 0 Å². The van der Waals surface area contributed by atoms with Crippen molar-refractivity contribution in [1.29, 1.82) is 5.26 Å². The lowest BCUT2D eigenvalue weighted by Crippen LogP contribution is -2.12. The average molecular weight is 247 g/mol. The predicted molar refractivity (Wildman–Crippen MR) is 62.3 cm³/mol. The summed E-state index contributed by atoms with van der Waals surface area (Å²) in [6, 6.07) is 5.65. The summed E-state index contributed by atoms with van der Waals surface area (Å²) in [6.07, 6.45) is 1.58. The van der Waals surface area contributed by atoms with Crippen molar-refractivity contribution < 1.29 is 0 Å². The van der Waals surface area contributed by atoms with Gasteiger partial charge >= 0.3 is 5.69 Å². The molecule has 0 unspecified atom stereocenters. The Balaban J connectivity index is 2.16. The lowest BCUT2D eigenvalue weighted by Gasteiger charge is -2.01. The molecule has 2 rings (SSSR count). The number of aromatic nitrogens is 4. The van der Waals surface area contributed by atoms with Crippen molar-refractivity contribution in [3.05, 3.63) is 40.1 Å². The molecule has 0 bridgehead atoms. The van der Waals surface area contributed by atoms with Gasteiger partial charge in [-0.3, -0.25) is 4.57 Å². The maximum absolute atomic E-state index is 11.1. The van der Waals surface area contributed by atoms with Gasteiger partial charge in [0.25, 0.3) is 0 Å². The number of hydrogen-bond acceptors (Lipinski definition) is 5. The monoisotopic (exact) mass is 247 g/mol. The van der Waals surface area contributed by atoms with Gasteiger partial charge in [0.15, 0.2) is 5.16 Å². The molecule has 7 heteroatoms. The van der Waals surface area contributed by atoms with Gasteiger partial charge in [-0.15, -0.1) is 5.10 Å². The van der Waals surface area contributed by atoms with Crippen molar-refractivity contribution in [3.63, 3.8) is 0 Å². The molecule has 0 aliphatic carbocycles. The molecular weight excluding hydrogens is 238 g/mol. The van der Waals surface area contributed by atoms with Crippen LogP contribution < -0.4 is 5.69 Å². The molecule has 17 heavy (non-hydrogen) atoms. The number of rotatable bonds is 3. The lowest BCUT2D eigenvalue weighted by molar-refractivity contribution is 0.765. The summed E-state index contributed by atoms with van der Waals surface area (Å²) >= 11 is 1.38. The summed E-state index contributed by atoms with van der Waals surface area (Å²) < 4.78 is 1.42. The Morgan fingerprint density at radius 2 is 2.47 bits per heavy atom. The first-order valence-corrected chi connectivity index (χ1v) is 5.79. The molecule has 6 nitrogen and oxygen atoms in total. The molecule has 2 aromatic heterocycles. The number of pyridine rings is 1. The number of nitrogens with one attached hydrogen (secondary N) is 1. The number of nitrogens with zero attached hydrogens (tertiary/aromatic N) is 4. The van der Waals surface area contributed by atoms with Crippen LogP contribution in [-0.4, -0.2) is 19.7 Å². The van der Waals surface area contributed by atoms with Crippen LogP contribution >= 0.6 is 11.8 Å². The first-order chi connectivity index (χ1) is 8.22. The minimum atomic E-state index is -0.251. The number of thioether (sulfide) groups is 1. The van der Waals surface area contributed by atoms with E-state index in [1.807, 2.05) is 12.1 Å². The van der Waals surface area contributed by atoms with Crippen LogP contribution in [0.25, 0.3) is 0 Å². The molecule has 86 valence electrons. The first-order valence-electron chi connectivity index (χ1n) is 4.80. The summed E-state index contributed by atoms with van der Waals surface area (Å²) in [4.78, 5) is 15.1. The van der Waals surface area contributed by atoms with E-state index in [-0.39, 0.29) is 5.69 Å². The fourth-order valence-corrected chi connectivity index (χ4v) is 2.16. The van der Waals surface area contributed by atoms with E-state index in [0.717, 1.165) is 5.56 Å². The standard InChI is InChI=1S/C10H9N5OS/c1-15-9(16)13-14-10(15)17-6-7-3-2-4-12-8(7)5-11/h2-4H,6H2,1H3,(H,13,16). The first kappa shape index (κ1) is 11.4. The molecule has 0 atom stereocenters. The molecule has 0 aliphatic heterocycles. The molecule has 0 fully saturated rings. The van der Waals surface area contributed by atoms with Gasteiger partial charge in [-0.25, -0.2) is 14.9 Å². The molecule has 0 saturated carbocycles. The number of H-pyrrole nitrogens is 1. The fraction of sp³-hybridized carbons (Fsp3) is 0.200. The lowest BCUT2D eigenvalue weighted by atomic mass is 10.2. The average Bonchev–Trinajstić information content (AvgIpc) is 2.68. The van der Waals surface area contributed by atoms with E-state index >= 15 is 0 Å². The third kappa shape index (κ3) is 2.37. The molecule has 2 aromatic rings. The highest BCUT2D eigenvalue weighted by atomic mass is 32.2. The minimum absolute atomic E-state index is 0.251. The van der Waals surface area contributed by atoms with Crippen molar-refractivity contribution in [2.24, 2.45) is 7.05 Å². The Bertz CT molecular complexity index is 624. The van der Waals surface area contributed by atoms with Crippen LogP contribution in [0.4, 0.5) is 0 Å². The largest absolute Gasteiger partial charge is 0.343 e. The molecule has 0 spiro atoms. The van der Waals surface area contributed by atoms with Gasteiger partial charge in [0.05, 0.1) is 0 Å². The van der Waals surface area contributed by atoms with Crippen LogP contribution in [0.3, 0.4) is 0 Å². The van der Waals surface area contributed by atoms with Crippen LogP contribution in [0, 0.1) is 11.3 Å². The van der Waals surface area contributed by atoms with Gasteiger partial charge in [-0.1, -0.05) is 17.8 Å². The second kappa shape index (κ2) is 4.84. The minimum Gasteiger partial charge on any atom is -0.273 e. The van der Waals surface area contributed by atoms with Crippen LogP contribution in [0.5, 0.6) is 0 Å². The highest BCUT2D eigenvalue weighted by Gasteiger charge is 2.07. The second-order valence-electron chi connectivity index (χ2n) is 3.28. The molecule has 0 aliphatic rings. The Kier molecular flexibility index (Phi) is 3.25. The maximum Gasteiger partial charge on any atom is 0.343 e. The van der Waals surface area contributed by atoms with Crippen LogP contribution in [0.1, 0.15) is 11.3 Å². The Hall–Kier alpha value is -2.07. The predicted octanol–water partition coefficient (Wildman–Crippen LogP) is 0.667. The summed E-state index contributed by atoms with van der Waals surface area (Å²) in [6.45, 7) is 0. The molecule has 1 N–H and O–H groups in total. The highest BCUT2D eigenvalue weighted by Crippen LogP contribution is 2.20. The van der Waals surface area contributed by atoms with Gasteiger partial charge in [0.1, 0.15) is 11.8 Å². The molecule has 0 radical (unpaired) electrons. The van der Waals surface area contributed by atoms with Crippen LogP contribution in [-0.2, 0) is 12.8 Å². The van der Waals surface area contributed by atoms with Crippen molar-refractivity contribution in [1.82, 2.24) is 19.7 Å². The fourth-order valence-electron chi connectivity index (χ4n) is 1.26. The third-order valence-corrected chi connectivity index (χ3v) is 3.27. The topological polar surface area (TPSA) is 87.4 Å². The Morgan fingerprint density at radius 1 is 1.65 bits per heavy atom. The van der Waals surface area contributed by atoms with E-state index in [0.29, 0.717) is 16.6 Å².